The van der Waals surface area contributed by atoms with Crippen LogP contribution in [0.3, 0.4) is 0 Å². The van der Waals surface area contributed by atoms with Gasteiger partial charge in [0.05, 0.1) is 19.1 Å². The minimum absolute atomic E-state index is 0.0138. The summed E-state index contributed by atoms with van der Waals surface area (Å²) in [6.45, 7) is 8.38. The molecule has 134 valence electrons. The average Bonchev–Trinajstić information content (AvgIpc) is 2.62. The number of unbranched alkanes of at least 4 members (excludes halogenated alkanes) is 1. The van der Waals surface area contributed by atoms with Crippen LogP contribution in [-0.2, 0) is 16.0 Å². The Kier molecular flexibility index (Phi) is 8.10. The number of benzene rings is 1. The Morgan fingerprint density at radius 2 is 1.92 bits per heavy atom. The maximum atomic E-state index is 11.7. The molecule has 0 bridgehead atoms. The first-order valence-corrected chi connectivity index (χ1v) is 9.34. The molecule has 0 N–H and O–H groups in total. The fraction of sp³-hybridized carbons (Fsp3) is 0.650. The quantitative estimate of drug-likeness (QED) is 0.510. The van der Waals surface area contributed by atoms with E-state index < -0.39 is 0 Å². The molecule has 0 atom stereocenters. The highest BCUT2D eigenvalue weighted by atomic mass is 16.5. The topological polar surface area (TPSA) is 38.8 Å². The molecule has 1 aliphatic rings. The molecule has 0 saturated carbocycles. The molecular formula is C20H31NO3. The van der Waals surface area contributed by atoms with Crippen molar-refractivity contribution in [3.05, 3.63) is 29.8 Å². The van der Waals surface area contributed by atoms with Gasteiger partial charge in [0.1, 0.15) is 5.75 Å². The van der Waals surface area contributed by atoms with E-state index in [2.05, 4.69) is 30.0 Å². The molecule has 4 nitrogen and oxygen atoms in total. The van der Waals surface area contributed by atoms with Gasteiger partial charge < -0.3 is 14.4 Å². The Labute approximate surface area is 146 Å². The SMILES string of the molecule is CCOC(=O)C1CCN(CCCCOc2ccccc2CC)CC1. The third-order valence-electron chi connectivity index (χ3n) is 4.69. The summed E-state index contributed by atoms with van der Waals surface area (Å²) >= 11 is 0. The molecule has 0 radical (unpaired) electrons. The molecule has 1 heterocycles. The Balaban J connectivity index is 1.58. The zero-order valence-corrected chi connectivity index (χ0v) is 15.1. The van der Waals surface area contributed by atoms with Gasteiger partial charge in [0.15, 0.2) is 0 Å². The fourth-order valence-corrected chi connectivity index (χ4v) is 3.21. The summed E-state index contributed by atoms with van der Waals surface area (Å²) in [5.74, 6) is 1.12. The number of rotatable bonds is 9. The monoisotopic (exact) mass is 333 g/mol. The van der Waals surface area contributed by atoms with E-state index in [9.17, 15) is 4.79 Å². The van der Waals surface area contributed by atoms with Crippen LogP contribution in [0.25, 0.3) is 0 Å². The average molecular weight is 333 g/mol. The lowest BCUT2D eigenvalue weighted by atomic mass is 9.97. The maximum absolute atomic E-state index is 11.7. The van der Waals surface area contributed by atoms with E-state index in [4.69, 9.17) is 9.47 Å². The Bertz CT molecular complexity index is 495. The Morgan fingerprint density at radius 1 is 1.17 bits per heavy atom. The van der Waals surface area contributed by atoms with Crippen molar-refractivity contribution in [2.45, 2.75) is 46.0 Å². The molecule has 1 aromatic carbocycles. The van der Waals surface area contributed by atoms with E-state index in [0.717, 1.165) is 64.1 Å². The molecule has 0 spiro atoms. The van der Waals surface area contributed by atoms with Gasteiger partial charge >= 0.3 is 5.97 Å². The van der Waals surface area contributed by atoms with Crippen LogP contribution in [0.5, 0.6) is 5.75 Å². The number of aryl methyl sites for hydroxylation is 1. The van der Waals surface area contributed by atoms with Gasteiger partial charge in [0.2, 0.25) is 0 Å². The smallest absolute Gasteiger partial charge is 0.309 e. The van der Waals surface area contributed by atoms with Crippen LogP contribution in [0, 0.1) is 5.92 Å². The molecule has 0 unspecified atom stereocenters. The van der Waals surface area contributed by atoms with Crippen molar-refractivity contribution in [1.29, 1.82) is 0 Å². The van der Waals surface area contributed by atoms with Crippen molar-refractivity contribution in [3.63, 3.8) is 0 Å². The van der Waals surface area contributed by atoms with Gasteiger partial charge in [0.25, 0.3) is 0 Å². The highest BCUT2D eigenvalue weighted by molar-refractivity contribution is 5.72. The molecular weight excluding hydrogens is 302 g/mol. The number of para-hydroxylation sites is 1. The number of piperidine rings is 1. The second-order valence-corrected chi connectivity index (χ2v) is 6.38. The summed E-state index contributed by atoms with van der Waals surface area (Å²) in [5, 5.41) is 0. The zero-order valence-electron chi connectivity index (χ0n) is 15.1. The first kappa shape index (κ1) is 18.8. The van der Waals surface area contributed by atoms with Crippen molar-refractivity contribution in [3.8, 4) is 5.75 Å². The van der Waals surface area contributed by atoms with Crippen LogP contribution >= 0.6 is 0 Å². The van der Waals surface area contributed by atoms with Gasteiger partial charge in [-0.1, -0.05) is 25.1 Å². The predicted molar refractivity (Wildman–Crippen MR) is 96.3 cm³/mol. The number of carbonyl (C=O) groups is 1. The molecule has 2 rings (SSSR count). The van der Waals surface area contributed by atoms with E-state index in [0.29, 0.717) is 6.61 Å². The van der Waals surface area contributed by atoms with Crippen molar-refractivity contribution < 1.29 is 14.3 Å². The van der Waals surface area contributed by atoms with E-state index in [1.165, 1.54) is 5.56 Å². The highest BCUT2D eigenvalue weighted by Gasteiger charge is 2.25. The summed E-state index contributed by atoms with van der Waals surface area (Å²) < 4.78 is 11.0. The van der Waals surface area contributed by atoms with Gasteiger partial charge in [-0.2, -0.15) is 0 Å². The standard InChI is InChI=1S/C20H31NO3/c1-3-17-9-5-6-10-19(17)24-16-8-7-13-21-14-11-18(12-15-21)20(22)23-4-2/h5-6,9-10,18H,3-4,7-8,11-16H2,1-2H3. The molecule has 0 aromatic heterocycles. The summed E-state index contributed by atoms with van der Waals surface area (Å²) in [6, 6.07) is 8.27. The fourth-order valence-electron chi connectivity index (χ4n) is 3.21. The largest absolute Gasteiger partial charge is 0.493 e. The lowest BCUT2D eigenvalue weighted by molar-refractivity contribution is -0.149. The van der Waals surface area contributed by atoms with Crippen molar-refractivity contribution in [2.75, 3.05) is 32.8 Å². The van der Waals surface area contributed by atoms with Gasteiger partial charge in [-0.05, 0) is 70.3 Å². The van der Waals surface area contributed by atoms with Crippen LogP contribution in [0.1, 0.15) is 45.1 Å². The molecule has 1 fully saturated rings. The molecule has 0 aliphatic carbocycles. The number of nitrogens with zero attached hydrogens (tertiary/aromatic N) is 1. The van der Waals surface area contributed by atoms with Crippen molar-refractivity contribution in [1.82, 2.24) is 4.90 Å². The number of likely N-dealkylation sites (tertiary alicyclic amines) is 1. The molecule has 1 aromatic rings. The van der Waals surface area contributed by atoms with Crippen molar-refractivity contribution >= 4 is 5.97 Å². The Morgan fingerprint density at radius 3 is 2.62 bits per heavy atom. The number of hydrogen-bond acceptors (Lipinski definition) is 4. The number of hydrogen-bond donors (Lipinski definition) is 0. The van der Waals surface area contributed by atoms with Crippen molar-refractivity contribution in [2.24, 2.45) is 5.92 Å². The maximum Gasteiger partial charge on any atom is 0.309 e. The summed E-state index contributed by atoms with van der Waals surface area (Å²) in [4.78, 5) is 14.2. The lowest BCUT2D eigenvalue weighted by Gasteiger charge is -2.30. The summed E-state index contributed by atoms with van der Waals surface area (Å²) in [7, 11) is 0. The first-order valence-electron chi connectivity index (χ1n) is 9.34. The molecule has 1 aliphatic heterocycles. The lowest BCUT2D eigenvalue weighted by Crippen LogP contribution is -2.37. The molecule has 24 heavy (non-hydrogen) atoms. The first-order chi connectivity index (χ1) is 11.7. The Hall–Kier alpha value is -1.55. The summed E-state index contributed by atoms with van der Waals surface area (Å²) in [5.41, 5.74) is 1.28. The number of esters is 1. The van der Waals surface area contributed by atoms with E-state index in [1.807, 2.05) is 13.0 Å². The van der Waals surface area contributed by atoms with Crippen LogP contribution < -0.4 is 4.74 Å². The van der Waals surface area contributed by atoms with Gasteiger partial charge in [-0.3, -0.25) is 4.79 Å². The third kappa shape index (κ3) is 5.82. The van der Waals surface area contributed by atoms with Gasteiger partial charge in [0, 0.05) is 0 Å². The minimum Gasteiger partial charge on any atom is -0.493 e. The molecule has 4 heteroatoms. The predicted octanol–water partition coefficient (Wildman–Crippen LogP) is 3.68. The second-order valence-electron chi connectivity index (χ2n) is 6.38. The normalized spacial score (nSPS) is 16.1. The second kappa shape index (κ2) is 10.3. The highest BCUT2D eigenvalue weighted by Crippen LogP contribution is 2.20. The number of ether oxygens (including phenoxy) is 2. The minimum atomic E-state index is -0.0138. The van der Waals surface area contributed by atoms with Gasteiger partial charge in [-0.15, -0.1) is 0 Å². The van der Waals surface area contributed by atoms with Crippen LogP contribution in [0.15, 0.2) is 24.3 Å². The molecule has 0 amide bonds. The zero-order chi connectivity index (χ0) is 17.2. The van der Waals surface area contributed by atoms with E-state index >= 15 is 0 Å². The third-order valence-corrected chi connectivity index (χ3v) is 4.69. The number of carbonyl (C=O) groups excluding carboxylic acids is 1. The molecule has 1 saturated heterocycles. The summed E-state index contributed by atoms with van der Waals surface area (Å²) in [6.07, 6.45) is 5.07. The van der Waals surface area contributed by atoms with E-state index in [-0.39, 0.29) is 11.9 Å². The van der Waals surface area contributed by atoms with Crippen LogP contribution in [0.4, 0.5) is 0 Å². The van der Waals surface area contributed by atoms with Gasteiger partial charge in [-0.25, -0.2) is 0 Å². The van der Waals surface area contributed by atoms with E-state index in [1.54, 1.807) is 0 Å². The van der Waals surface area contributed by atoms with Crippen LogP contribution in [0.2, 0.25) is 0 Å². The van der Waals surface area contributed by atoms with Crippen LogP contribution in [-0.4, -0.2) is 43.7 Å².